The lowest BCUT2D eigenvalue weighted by atomic mass is 9.95. The zero-order valence-corrected chi connectivity index (χ0v) is 12.3. The zero-order chi connectivity index (χ0) is 14.7. The third-order valence-electron chi connectivity index (χ3n) is 3.47. The number of rotatable bonds is 2. The van der Waals surface area contributed by atoms with Gasteiger partial charge in [-0.15, -0.1) is 0 Å². The van der Waals surface area contributed by atoms with Gasteiger partial charge in [0.05, 0.1) is 5.56 Å². The number of piperidine rings is 1. The third-order valence-corrected chi connectivity index (χ3v) is 3.97. The molecule has 1 aromatic rings. The Kier molecular flexibility index (Phi) is 4.59. The summed E-state index contributed by atoms with van der Waals surface area (Å²) in [5.74, 6) is -0.708. The third kappa shape index (κ3) is 3.09. The number of halogens is 2. The summed E-state index contributed by atoms with van der Waals surface area (Å²) in [6.45, 7) is 0.928. The van der Waals surface area contributed by atoms with Crippen LogP contribution in [0.25, 0.3) is 0 Å². The van der Waals surface area contributed by atoms with Crippen LogP contribution in [0.2, 0.25) is 0 Å². The molecule has 1 saturated heterocycles. The molecule has 1 fully saturated rings. The number of nitrogens with two attached hydrogens (primary N) is 1. The van der Waals surface area contributed by atoms with E-state index in [9.17, 15) is 9.18 Å². The number of amides is 1. The summed E-state index contributed by atoms with van der Waals surface area (Å²) < 4.78 is 14.4. The Hall–Kier alpha value is -1.63. The fourth-order valence-electron chi connectivity index (χ4n) is 2.29. The number of hydrogen-bond acceptors (Lipinski definition) is 3. The lowest BCUT2D eigenvalue weighted by Crippen LogP contribution is -2.42. The lowest BCUT2D eigenvalue weighted by molar-refractivity contribution is 0.0704. The van der Waals surface area contributed by atoms with E-state index in [1.165, 1.54) is 12.1 Å². The van der Waals surface area contributed by atoms with Crippen LogP contribution in [0.1, 0.15) is 23.2 Å². The first-order valence-corrected chi connectivity index (χ1v) is 7.04. The normalized spacial score (nSPS) is 17.3. The molecule has 3 N–H and O–H groups in total. The SMILES string of the molecule is NC(=NO)C1CCN(C(=O)c2cc(Br)ccc2F)CC1. The number of hydrogen-bond donors (Lipinski definition) is 2. The van der Waals surface area contributed by atoms with Crippen molar-refractivity contribution in [3.63, 3.8) is 0 Å². The van der Waals surface area contributed by atoms with Gasteiger partial charge in [0.2, 0.25) is 0 Å². The van der Waals surface area contributed by atoms with E-state index < -0.39 is 5.82 Å². The van der Waals surface area contributed by atoms with Gasteiger partial charge in [-0.05, 0) is 31.0 Å². The highest BCUT2D eigenvalue weighted by Gasteiger charge is 2.27. The molecule has 0 atom stereocenters. The van der Waals surface area contributed by atoms with E-state index in [1.807, 2.05) is 0 Å². The predicted molar refractivity (Wildman–Crippen MR) is 76.1 cm³/mol. The number of nitrogens with zero attached hydrogens (tertiary/aromatic N) is 2. The molecule has 7 heteroatoms. The van der Waals surface area contributed by atoms with Crippen molar-refractivity contribution in [2.45, 2.75) is 12.8 Å². The summed E-state index contributed by atoms with van der Waals surface area (Å²) in [6.07, 6.45) is 1.22. The number of benzene rings is 1. The van der Waals surface area contributed by atoms with Crippen molar-refractivity contribution >= 4 is 27.7 Å². The van der Waals surface area contributed by atoms with Crippen molar-refractivity contribution in [2.75, 3.05) is 13.1 Å². The molecular formula is C13H15BrFN3O2. The predicted octanol–water partition coefficient (Wildman–Crippen LogP) is 2.19. The molecule has 1 aliphatic rings. The first-order valence-electron chi connectivity index (χ1n) is 6.24. The van der Waals surface area contributed by atoms with Crippen LogP contribution in [-0.4, -0.2) is 34.9 Å². The summed E-state index contributed by atoms with van der Waals surface area (Å²) in [5.41, 5.74) is 5.61. The Balaban J connectivity index is 2.07. The van der Waals surface area contributed by atoms with Gasteiger partial charge in [-0.1, -0.05) is 21.1 Å². The highest BCUT2D eigenvalue weighted by Crippen LogP contribution is 2.22. The highest BCUT2D eigenvalue weighted by atomic mass is 79.9. The number of oxime groups is 1. The van der Waals surface area contributed by atoms with Gasteiger partial charge in [-0.3, -0.25) is 4.79 Å². The largest absolute Gasteiger partial charge is 0.409 e. The molecule has 5 nitrogen and oxygen atoms in total. The van der Waals surface area contributed by atoms with Crippen molar-refractivity contribution in [1.82, 2.24) is 4.90 Å². The maximum atomic E-state index is 13.7. The Morgan fingerprint density at radius 3 is 2.70 bits per heavy atom. The quantitative estimate of drug-likeness (QED) is 0.374. The average molecular weight is 344 g/mol. The van der Waals surface area contributed by atoms with E-state index in [1.54, 1.807) is 11.0 Å². The van der Waals surface area contributed by atoms with Crippen molar-refractivity contribution in [1.29, 1.82) is 0 Å². The van der Waals surface area contributed by atoms with Crippen LogP contribution >= 0.6 is 15.9 Å². The number of carbonyl (C=O) groups is 1. The number of amidine groups is 1. The highest BCUT2D eigenvalue weighted by molar-refractivity contribution is 9.10. The van der Waals surface area contributed by atoms with E-state index in [2.05, 4.69) is 21.1 Å². The summed E-state index contributed by atoms with van der Waals surface area (Å²) in [5, 5.41) is 11.6. The molecule has 0 saturated carbocycles. The van der Waals surface area contributed by atoms with E-state index >= 15 is 0 Å². The van der Waals surface area contributed by atoms with Crippen LogP contribution < -0.4 is 5.73 Å². The van der Waals surface area contributed by atoms with Crippen molar-refractivity contribution in [3.05, 3.63) is 34.1 Å². The smallest absolute Gasteiger partial charge is 0.256 e. The first kappa shape index (κ1) is 14.8. The summed E-state index contributed by atoms with van der Waals surface area (Å²) in [4.78, 5) is 13.9. The van der Waals surface area contributed by atoms with Gasteiger partial charge < -0.3 is 15.8 Å². The van der Waals surface area contributed by atoms with Crippen LogP contribution in [0, 0.1) is 11.7 Å². The van der Waals surface area contributed by atoms with Gasteiger partial charge in [-0.2, -0.15) is 0 Å². The standard InChI is InChI=1S/C13H15BrFN3O2/c14-9-1-2-11(15)10(7-9)13(19)18-5-3-8(4-6-18)12(16)17-20/h1-2,7-8,20H,3-6H2,(H2,16,17). The first-order chi connectivity index (χ1) is 9.52. The maximum Gasteiger partial charge on any atom is 0.256 e. The van der Waals surface area contributed by atoms with E-state index in [0.717, 1.165) is 0 Å². The lowest BCUT2D eigenvalue weighted by Gasteiger charge is -2.31. The molecule has 108 valence electrons. The molecule has 1 amide bonds. The Morgan fingerprint density at radius 1 is 1.45 bits per heavy atom. The van der Waals surface area contributed by atoms with Gasteiger partial charge in [0.15, 0.2) is 0 Å². The Morgan fingerprint density at radius 2 is 2.10 bits per heavy atom. The minimum atomic E-state index is -0.531. The summed E-state index contributed by atoms with van der Waals surface area (Å²) in [7, 11) is 0. The molecule has 20 heavy (non-hydrogen) atoms. The van der Waals surface area contributed by atoms with Gasteiger partial charge in [-0.25, -0.2) is 4.39 Å². The zero-order valence-electron chi connectivity index (χ0n) is 10.7. The minimum absolute atomic E-state index is 0.0311. The summed E-state index contributed by atoms with van der Waals surface area (Å²) >= 11 is 3.23. The van der Waals surface area contributed by atoms with E-state index in [4.69, 9.17) is 10.9 Å². The summed E-state index contributed by atoms with van der Waals surface area (Å²) in [6, 6.07) is 4.30. The maximum absolute atomic E-state index is 13.7. The number of likely N-dealkylation sites (tertiary alicyclic amines) is 1. The molecule has 0 aromatic heterocycles. The minimum Gasteiger partial charge on any atom is -0.409 e. The van der Waals surface area contributed by atoms with Crippen molar-refractivity contribution in [3.8, 4) is 0 Å². The van der Waals surface area contributed by atoms with Gasteiger partial charge in [0.25, 0.3) is 5.91 Å². The second-order valence-corrected chi connectivity index (χ2v) is 5.63. The second kappa shape index (κ2) is 6.21. The average Bonchev–Trinajstić information content (AvgIpc) is 2.48. The van der Waals surface area contributed by atoms with Crippen LogP contribution in [-0.2, 0) is 0 Å². The number of carbonyl (C=O) groups excluding carboxylic acids is 1. The van der Waals surface area contributed by atoms with Gasteiger partial charge in [0, 0.05) is 23.5 Å². The topological polar surface area (TPSA) is 78.9 Å². The molecular weight excluding hydrogens is 329 g/mol. The molecule has 0 spiro atoms. The van der Waals surface area contributed by atoms with E-state index in [-0.39, 0.29) is 23.2 Å². The van der Waals surface area contributed by atoms with E-state index in [0.29, 0.717) is 30.4 Å². The van der Waals surface area contributed by atoms with Gasteiger partial charge in [0.1, 0.15) is 11.7 Å². The van der Waals surface area contributed by atoms with Crippen LogP contribution in [0.15, 0.2) is 27.8 Å². The molecule has 0 bridgehead atoms. The molecule has 1 aromatic carbocycles. The molecule has 1 aliphatic heterocycles. The fourth-order valence-corrected chi connectivity index (χ4v) is 2.65. The molecule has 1 heterocycles. The Bertz CT molecular complexity index is 542. The molecule has 2 rings (SSSR count). The van der Waals surface area contributed by atoms with Crippen molar-refractivity contribution < 1.29 is 14.4 Å². The van der Waals surface area contributed by atoms with Crippen molar-refractivity contribution in [2.24, 2.45) is 16.8 Å². The fraction of sp³-hybridized carbons (Fsp3) is 0.385. The van der Waals surface area contributed by atoms with Crippen LogP contribution in [0.5, 0.6) is 0 Å². The Labute approximate surface area is 124 Å². The van der Waals surface area contributed by atoms with Gasteiger partial charge >= 0.3 is 0 Å². The molecule has 0 aliphatic carbocycles. The molecule has 0 radical (unpaired) electrons. The van der Waals surface area contributed by atoms with Crippen LogP contribution in [0.3, 0.4) is 0 Å². The second-order valence-electron chi connectivity index (χ2n) is 4.72. The monoisotopic (exact) mass is 343 g/mol. The molecule has 0 unspecified atom stereocenters. The van der Waals surface area contributed by atoms with Crippen LogP contribution in [0.4, 0.5) is 4.39 Å².